The zero-order valence-electron chi connectivity index (χ0n) is 8.68. The van der Waals surface area contributed by atoms with E-state index >= 15 is 0 Å². The average molecular weight is 210 g/mol. The van der Waals surface area contributed by atoms with Gasteiger partial charge in [-0.05, 0) is 43.9 Å². The van der Waals surface area contributed by atoms with Gasteiger partial charge >= 0.3 is 0 Å². The van der Waals surface area contributed by atoms with Crippen LogP contribution >= 0.6 is 11.3 Å². The van der Waals surface area contributed by atoms with Crippen molar-refractivity contribution in [3.63, 3.8) is 0 Å². The van der Waals surface area contributed by atoms with E-state index in [0.29, 0.717) is 5.41 Å². The third kappa shape index (κ3) is 2.35. The Kier molecular flexibility index (Phi) is 2.91. The highest BCUT2D eigenvalue weighted by Gasteiger charge is 2.40. The number of hydrogen-bond acceptors (Lipinski definition) is 3. The molecule has 0 spiro atoms. The topological polar surface area (TPSA) is 38.0 Å². The zero-order valence-corrected chi connectivity index (χ0v) is 9.49. The van der Waals surface area contributed by atoms with E-state index in [-0.39, 0.29) is 0 Å². The van der Waals surface area contributed by atoms with E-state index in [1.54, 1.807) is 0 Å². The summed E-state index contributed by atoms with van der Waals surface area (Å²) in [6.45, 7) is 5.07. The van der Waals surface area contributed by atoms with E-state index in [9.17, 15) is 0 Å². The van der Waals surface area contributed by atoms with Crippen LogP contribution in [0.4, 0.5) is 0 Å². The molecule has 78 valence electrons. The quantitative estimate of drug-likeness (QED) is 0.779. The van der Waals surface area contributed by atoms with Crippen molar-refractivity contribution in [1.82, 2.24) is 5.32 Å². The third-order valence-corrected chi connectivity index (χ3v) is 3.99. The molecule has 1 fully saturated rings. The first kappa shape index (κ1) is 10.1. The van der Waals surface area contributed by atoms with E-state index in [1.807, 2.05) is 11.3 Å². The fourth-order valence-electron chi connectivity index (χ4n) is 1.66. The summed E-state index contributed by atoms with van der Waals surface area (Å²) >= 11 is 1.87. The van der Waals surface area contributed by atoms with Crippen molar-refractivity contribution in [2.24, 2.45) is 11.1 Å². The highest BCUT2D eigenvalue weighted by molar-refractivity contribution is 7.11. The number of hydrogen-bond donors (Lipinski definition) is 2. The van der Waals surface area contributed by atoms with E-state index < -0.39 is 0 Å². The first-order valence-electron chi connectivity index (χ1n) is 5.20. The van der Waals surface area contributed by atoms with Crippen molar-refractivity contribution in [2.75, 3.05) is 13.1 Å². The molecule has 0 aliphatic heterocycles. The molecule has 0 amide bonds. The minimum absolute atomic E-state index is 0.451. The van der Waals surface area contributed by atoms with Crippen molar-refractivity contribution in [3.05, 3.63) is 21.9 Å². The van der Waals surface area contributed by atoms with Crippen LogP contribution in [0, 0.1) is 12.3 Å². The molecule has 1 aliphatic carbocycles. The Morgan fingerprint density at radius 2 is 2.29 bits per heavy atom. The summed E-state index contributed by atoms with van der Waals surface area (Å²) in [7, 11) is 0. The summed E-state index contributed by atoms with van der Waals surface area (Å²) in [5.41, 5.74) is 6.17. The molecular weight excluding hydrogens is 192 g/mol. The molecule has 2 rings (SSSR count). The maximum Gasteiger partial charge on any atom is 0.0300 e. The Balaban J connectivity index is 1.73. The van der Waals surface area contributed by atoms with E-state index in [1.165, 1.54) is 22.6 Å². The molecule has 0 aromatic carbocycles. The Morgan fingerprint density at radius 1 is 1.50 bits per heavy atom. The van der Waals surface area contributed by atoms with Crippen LogP contribution in [0.2, 0.25) is 0 Å². The number of aryl methyl sites for hydroxylation is 1. The SMILES string of the molecule is Cc1ccc(CNCC2(CN)CC2)s1. The highest BCUT2D eigenvalue weighted by Crippen LogP contribution is 2.43. The van der Waals surface area contributed by atoms with Gasteiger partial charge in [0.05, 0.1) is 0 Å². The molecule has 2 nitrogen and oxygen atoms in total. The average Bonchev–Trinajstić information content (AvgIpc) is 2.84. The zero-order chi connectivity index (χ0) is 10.0. The van der Waals surface area contributed by atoms with Gasteiger partial charge in [0.15, 0.2) is 0 Å². The van der Waals surface area contributed by atoms with Crippen LogP contribution in [-0.4, -0.2) is 13.1 Å². The molecule has 0 atom stereocenters. The Labute approximate surface area is 89.5 Å². The number of rotatable bonds is 5. The fourth-order valence-corrected chi connectivity index (χ4v) is 2.52. The summed E-state index contributed by atoms with van der Waals surface area (Å²) < 4.78 is 0. The smallest absolute Gasteiger partial charge is 0.0300 e. The lowest BCUT2D eigenvalue weighted by Gasteiger charge is -2.12. The first-order valence-corrected chi connectivity index (χ1v) is 6.02. The van der Waals surface area contributed by atoms with Crippen molar-refractivity contribution >= 4 is 11.3 Å². The molecule has 3 heteroatoms. The van der Waals surface area contributed by atoms with Crippen LogP contribution in [0.3, 0.4) is 0 Å². The van der Waals surface area contributed by atoms with Gasteiger partial charge < -0.3 is 11.1 Å². The predicted octanol–water partition coefficient (Wildman–Crippen LogP) is 1.89. The lowest BCUT2D eigenvalue weighted by molar-refractivity contribution is 0.469. The summed E-state index contributed by atoms with van der Waals surface area (Å²) in [5.74, 6) is 0. The largest absolute Gasteiger partial charge is 0.330 e. The molecular formula is C11H18N2S. The van der Waals surface area contributed by atoms with Gasteiger partial charge in [0.25, 0.3) is 0 Å². The predicted molar refractivity (Wildman–Crippen MR) is 61.5 cm³/mol. The summed E-state index contributed by atoms with van der Waals surface area (Å²) in [4.78, 5) is 2.82. The molecule has 0 radical (unpaired) electrons. The van der Waals surface area contributed by atoms with Crippen LogP contribution in [0.1, 0.15) is 22.6 Å². The van der Waals surface area contributed by atoms with Crippen LogP contribution in [0.25, 0.3) is 0 Å². The lowest BCUT2D eigenvalue weighted by Crippen LogP contribution is -2.29. The second-order valence-corrected chi connectivity index (χ2v) is 5.69. The minimum atomic E-state index is 0.451. The maximum atomic E-state index is 5.71. The molecule has 1 saturated carbocycles. The Morgan fingerprint density at radius 3 is 2.79 bits per heavy atom. The van der Waals surface area contributed by atoms with Gasteiger partial charge in [-0.15, -0.1) is 11.3 Å². The Bertz CT molecular complexity index is 302. The van der Waals surface area contributed by atoms with E-state index in [4.69, 9.17) is 5.73 Å². The number of nitrogens with two attached hydrogens (primary N) is 1. The molecule has 1 heterocycles. The van der Waals surface area contributed by atoms with Gasteiger partial charge in [0, 0.05) is 22.8 Å². The molecule has 0 unspecified atom stereocenters. The molecule has 1 aromatic rings. The second kappa shape index (κ2) is 4.01. The summed E-state index contributed by atoms with van der Waals surface area (Å²) in [6, 6.07) is 4.38. The monoisotopic (exact) mass is 210 g/mol. The van der Waals surface area contributed by atoms with Gasteiger partial charge in [-0.1, -0.05) is 0 Å². The van der Waals surface area contributed by atoms with Crippen molar-refractivity contribution in [2.45, 2.75) is 26.3 Å². The Hall–Kier alpha value is -0.380. The van der Waals surface area contributed by atoms with E-state index in [0.717, 1.165) is 19.6 Å². The van der Waals surface area contributed by atoms with Gasteiger partial charge in [0.1, 0.15) is 0 Å². The van der Waals surface area contributed by atoms with Crippen LogP contribution in [0.5, 0.6) is 0 Å². The van der Waals surface area contributed by atoms with Crippen LogP contribution in [0.15, 0.2) is 12.1 Å². The second-order valence-electron chi connectivity index (χ2n) is 4.32. The first-order chi connectivity index (χ1) is 6.74. The lowest BCUT2D eigenvalue weighted by atomic mass is 10.1. The highest BCUT2D eigenvalue weighted by atomic mass is 32.1. The molecule has 1 aliphatic rings. The summed E-state index contributed by atoms with van der Waals surface area (Å²) in [5, 5.41) is 3.50. The number of nitrogens with one attached hydrogen (secondary N) is 1. The molecule has 0 bridgehead atoms. The maximum absolute atomic E-state index is 5.71. The van der Waals surface area contributed by atoms with Crippen molar-refractivity contribution in [3.8, 4) is 0 Å². The molecule has 1 aromatic heterocycles. The minimum Gasteiger partial charge on any atom is -0.330 e. The molecule has 3 N–H and O–H groups in total. The standard InChI is InChI=1S/C11H18N2S/c1-9-2-3-10(14-9)6-13-8-11(7-12)4-5-11/h2-3,13H,4-8,12H2,1H3. The van der Waals surface area contributed by atoms with Gasteiger partial charge in [-0.3, -0.25) is 0 Å². The molecule has 0 saturated heterocycles. The fraction of sp³-hybridized carbons (Fsp3) is 0.636. The van der Waals surface area contributed by atoms with Crippen LogP contribution in [-0.2, 0) is 6.54 Å². The third-order valence-electron chi connectivity index (χ3n) is 2.99. The van der Waals surface area contributed by atoms with Crippen molar-refractivity contribution < 1.29 is 0 Å². The normalized spacial score (nSPS) is 18.4. The molecule has 14 heavy (non-hydrogen) atoms. The summed E-state index contributed by atoms with van der Waals surface area (Å²) in [6.07, 6.45) is 2.61. The van der Waals surface area contributed by atoms with Gasteiger partial charge in [0.2, 0.25) is 0 Å². The van der Waals surface area contributed by atoms with E-state index in [2.05, 4.69) is 24.4 Å². The van der Waals surface area contributed by atoms with Gasteiger partial charge in [-0.2, -0.15) is 0 Å². The number of thiophene rings is 1. The van der Waals surface area contributed by atoms with Gasteiger partial charge in [-0.25, -0.2) is 0 Å². The van der Waals surface area contributed by atoms with Crippen LogP contribution < -0.4 is 11.1 Å². The van der Waals surface area contributed by atoms with Crippen molar-refractivity contribution in [1.29, 1.82) is 0 Å².